The maximum absolute atomic E-state index is 12.4. The molecule has 3 N–H and O–H groups in total. The van der Waals surface area contributed by atoms with Crippen LogP contribution >= 0.6 is 27.3 Å². The molecule has 0 spiro atoms. The van der Waals surface area contributed by atoms with Crippen LogP contribution in [0, 0.1) is 13.8 Å². The van der Waals surface area contributed by atoms with Crippen LogP contribution in [0.5, 0.6) is 0 Å². The third kappa shape index (κ3) is 3.22. The van der Waals surface area contributed by atoms with Crippen LogP contribution in [0.4, 0.5) is 5.69 Å². The van der Waals surface area contributed by atoms with E-state index in [2.05, 4.69) is 20.7 Å². The van der Waals surface area contributed by atoms with Gasteiger partial charge in [-0.2, -0.15) is 0 Å². The Labute approximate surface area is 131 Å². The van der Waals surface area contributed by atoms with Gasteiger partial charge in [-0.05, 0) is 49.2 Å². The second-order valence-corrected chi connectivity index (χ2v) is 8.44. The summed E-state index contributed by atoms with van der Waals surface area (Å²) in [6, 6.07) is 7.08. The lowest BCUT2D eigenvalue weighted by Crippen LogP contribution is -2.13. The lowest BCUT2D eigenvalue weighted by Gasteiger charge is -2.13. The van der Waals surface area contributed by atoms with Gasteiger partial charge in [0.15, 0.2) is 0 Å². The van der Waals surface area contributed by atoms with Crippen LogP contribution in [-0.4, -0.2) is 8.42 Å². The van der Waals surface area contributed by atoms with Crippen molar-refractivity contribution in [3.8, 4) is 0 Å². The van der Waals surface area contributed by atoms with Crippen molar-refractivity contribution in [1.82, 2.24) is 0 Å². The molecule has 20 heavy (non-hydrogen) atoms. The van der Waals surface area contributed by atoms with Gasteiger partial charge in [0.05, 0.1) is 5.69 Å². The Hall–Kier alpha value is -0.890. The number of nitrogens with one attached hydrogen (secondary N) is 1. The maximum atomic E-state index is 12.4. The fourth-order valence-electron chi connectivity index (χ4n) is 1.87. The monoisotopic (exact) mass is 374 g/mol. The van der Waals surface area contributed by atoms with Gasteiger partial charge in [0.2, 0.25) is 0 Å². The highest BCUT2D eigenvalue weighted by Gasteiger charge is 2.19. The minimum absolute atomic E-state index is 0.277. The molecule has 0 aliphatic carbocycles. The van der Waals surface area contributed by atoms with Crippen molar-refractivity contribution in [1.29, 1.82) is 0 Å². The van der Waals surface area contributed by atoms with Gasteiger partial charge >= 0.3 is 0 Å². The fraction of sp³-hybridized carbons (Fsp3) is 0.231. The van der Waals surface area contributed by atoms with Gasteiger partial charge in [0.1, 0.15) is 4.21 Å². The van der Waals surface area contributed by atoms with Crippen LogP contribution in [0.3, 0.4) is 0 Å². The zero-order valence-electron chi connectivity index (χ0n) is 11.1. The summed E-state index contributed by atoms with van der Waals surface area (Å²) in [7, 11) is -3.56. The summed E-state index contributed by atoms with van der Waals surface area (Å²) in [6.07, 6.45) is 0. The van der Waals surface area contributed by atoms with Crippen LogP contribution in [0.1, 0.15) is 16.0 Å². The molecular formula is C13H15BrN2O2S2. The Morgan fingerprint density at radius 3 is 2.35 bits per heavy atom. The first-order chi connectivity index (χ1) is 9.33. The van der Waals surface area contributed by atoms with Gasteiger partial charge in [-0.15, -0.1) is 11.3 Å². The fourth-order valence-corrected chi connectivity index (χ4v) is 4.99. The average molecular weight is 375 g/mol. The number of benzene rings is 1. The van der Waals surface area contributed by atoms with Crippen molar-refractivity contribution >= 4 is 43.0 Å². The largest absolute Gasteiger partial charge is 0.326 e. The summed E-state index contributed by atoms with van der Waals surface area (Å²) >= 11 is 4.58. The Morgan fingerprint density at radius 2 is 1.85 bits per heavy atom. The van der Waals surface area contributed by atoms with Crippen molar-refractivity contribution in [3.05, 3.63) is 44.7 Å². The summed E-state index contributed by atoms with van der Waals surface area (Å²) in [4.78, 5) is 0.842. The molecule has 0 unspecified atom stereocenters. The van der Waals surface area contributed by atoms with Crippen LogP contribution < -0.4 is 10.5 Å². The highest BCUT2D eigenvalue weighted by Crippen LogP contribution is 2.29. The number of halogens is 1. The molecule has 0 saturated heterocycles. The molecular weight excluding hydrogens is 360 g/mol. The minimum Gasteiger partial charge on any atom is -0.326 e. The lowest BCUT2D eigenvalue weighted by atomic mass is 10.1. The van der Waals surface area contributed by atoms with Crippen molar-refractivity contribution in [3.63, 3.8) is 0 Å². The van der Waals surface area contributed by atoms with Crippen LogP contribution in [-0.2, 0) is 16.6 Å². The van der Waals surface area contributed by atoms with E-state index in [0.29, 0.717) is 12.2 Å². The quantitative estimate of drug-likeness (QED) is 0.861. The molecule has 0 fully saturated rings. The maximum Gasteiger partial charge on any atom is 0.271 e. The van der Waals surface area contributed by atoms with E-state index >= 15 is 0 Å². The number of hydrogen-bond donors (Lipinski definition) is 2. The van der Waals surface area contributed by atoms with Crippen molar-refractivity contribution in [2.75, 3.05) is 4.72 Å². The smallest absolute Gasteiger partial charge is 0.271 e. The number of thiophene rings is 1. The zero-order chi connectivity index (χ0) is 14.9. The first-order valence-electron chi connectivity index (χ1n) is 5.92. The van der Waals surface area contributed by atoms with E-state index in [0.717, 1.165) is 20.5 Å². The molecule has 7 heteroatoms. The van der Waals surface area contributed by atoms with Gasteiger partial charge in [0.25, 0.3) is 10.0 Å². The average Bonchev–Trinajstić information content (AvgIpc) is 2.83. The molecule has 0 aliphatic heterocycles. The SMILES string of the molecule is Cc1cc(Br)cc(C)c1NS(=O)(=O)c1ccc(CN)s1. The lowest BCUT2D eigenvalue weighted by molar-refractivity contribution is 0.603. The molecule has 0 aliphatic rings. The number of nitrogens with two attached hydrogens (primary N) is 1. The molecule has 108 valence electrons. The molecule has 2 rings (SSSR count). The molecule has 0 amide bonds. The molecule has 0 atom stereocenters. The minimum atomic E-state index is -3.56. The predicted molar refractivity (Wildman–Crippen MR) is 86.6 cm³/mol. The van der Waals surface area contributed by atoms with Crippen LogP contribution in [0.15, 0.2) is 32.9 Å². The summed E-state index contributed by atoms with van der Waals surface area (Å²) in [6.45, 7) is 4.08. The number of aryl methyl sites for hydroxylation is 2. The summed E-state index contributed by atoms with van der Waals surface area (Å²) < 4.78 is 28.6. The van der Waals surface area contributed by atoms with Gasteiger partial charge in [-0.25, -0.2) is 8.42 Å². The first kappa shape index (κ1) is 15.5. The van der Waals surface area contributed by atoms with Gasteiger partial charge in [0, 0.05) is 15.9 Å². The Kier molecular flexibility index (Phi) is 4.53. The third-order valence-corrected chi connectivity index (χ3v) is 6.24. The standard InChI is InChI=1S/C13H15BrN2O2S2/c1-8-5-10(14)6-9(2)13(8)16-20(17,18)12-4-3-11(7-15)19-12/h3-6,16H,7,15H2,1-2H3. The zero-order valence-corrected chi connectivity index (χ0v) is 14.3. The molecule has 0 saturated carbocycles. The van der Waals surface area contributed by atoms with E-state index in [1.54, 1.807) is 12.1 Å². The number of sulfonamides is 1. The van der Waals surface area contributed by atoms with E-state index in [-0.39, 0.29) is 4.21 Å². The highest BCUT2D eigenvalue weighted by molar-refractivity contribution is 9.10. The van der Waals surface area contributed by atoms with E-state index in [9.17, 15) is 8.42 Å². The molecule has 0 radical (unpaired) electrons. The topological polar surface area (TPSA) is 72.2 Å². The highest BCUT2D eigenvalue weighted by atomic mass is 79.9. The molecule has 1 aromatic carbocycles. The van der Waals surface area contributed by atoms with Crippen molar-refractivity contribution < 1.29 is 8.42 Å². The Bertz CT molecular complexity index is 716. The number of anilines is 1. The van der Waals surface area contributed by atoms with Crippen LogP contribution in [0.2, 0.25) is 0 Å². The molecule has 4 nitrogen and oxygen atoms in total. The van der Waals surface area contributed by atoms with Gasteiger partial charge in [-0.3, -0.25) is 4.72 Å². The van der Waals surface area contributed by atoms with E-state index < -0.39 is 10.0 Å². The second kappa shape index (κ2) is 5.85. The first-order valence-corrected chi connectivity index (χ1v) is 9.01. The molecule has 2 aromatic rings. The second-order valence-electron chi connectivity index (χ2n) is 4.44. The summed E-state index contributed by atoms with van der Waals surface area (Å²) in [5.74, 6) is 0. The summed E-state index contributed by atoms with van der Waals surface area (Å²) in [5, 5.41) is 0. The summed E-state index contributed by atoms with van der Waals surface area (Å²) in [5.41, 5.74) is 7.88. The van der Waals surface area contributed by atoms with E-state index in [1.165, 1.54) is 11.3 Å². The Balaban J connectivity index is 2.38. The number of rotatable bonds is 4. The van der Waals surface area contributed by atoms with Crippen LogP contribution in [0.25, 0.3) is 0 Å². The third-order valence-electron chi connectivity index (χ3n) is 2.84. The van der Waals surface area contributed by atoms with E-state index in [1.807, 2.05) is 26.0 Å². The molecule has 1 aromatic heterocycles. The van der Waals surface area contributed by atoms with Gasteiger partial charge in [-0.1, -0.05) is 15.9 Å². The normalized spacial score (nSPS) is 11.6. The van der Waals surface area contributed by atoms with E-state index in [4.69, 9.17) is 5.73 Å². The van der Waals surface area contributed by atoms with Crippen molar-refractivity contribution in [2.45, 2.75) is 24.6 Å². The van der Waals surface area contributed by atoms with Gasteiger partial charge < -0.3 is 5.73 Å². The van der Waals surface area contributed by atoms with Crippen molar-refractivity contribution in [2.24, 2.45) is 5.73 Å². The predicted octanol–water partition coefficient (Wildman–Crippen LogP) is 3.39. The molecule has 0 bridgehead atoms. The number of hydrogen-bond acceptors (Lipinski definition) is 4. The molecule has 1 heterocycles. The Morgan fingerprint density at radius 1 is 1.25 bits per heavy atom.